The second-order valence-corrected chi connectivity index (χ2v) is 8.76. The third-order valence-corrected chi connectivity index (χ3v) is 5.07. The molecule has 1 aromatic rings. The first kappa shape index (κ1) is 17.9. The molecule has 23 heavy (non-hydrogen) atoms. The molecular formula is C15H26N4O3S. The number of aromatic nitrogens is 2. The lowest BCUT2D eigenvalue weighted by Crippen LogP contribution is -2.49. The van der Waals surface area contributed by atoms with Gasteiger partial charge in [0.1, 0.15) is 15.5 Å². The van der Waals surface area contributed by atoms with Gasteiger partial charge in [0.25, 0.3) is 5.91 Å². The highest BCUT2D eigenvalue weighted by Crippen LogP contribution is 2.16. The number of carbonyl (C=O) groups excluding carboxylic acids is 1. The summed E-state index contributed by atoms with van der Waals surface area (Å²) in [5.41, 5.74) is 1.53. The molecule has 1 saturated heterocycles. The van der Waals surface area contributed by atoms with Crippen molar-refractivity contribution in [1.82, 2.24) is 19.6 Å². The van der Waals surface area contributed by atoms with Gasteiger partial charge < -0.3 is 4.90 Å². The minimum atomic E-state index is -2.94. The van der Waals surface area contributed by atoms with Gasteiger partial charge in [-0.2, -0.15) is 5.10 Å². The topological polar surface area (TPSA) is 75.5 Å². The molecule has 0 aromatic carbocycles. The summed E-state index contributed by atoms with van der Waals surface area (Å²) in [6.07, 6.45) is 1.25. The Bertz CT molecular complexity index is 658. The number of hydrogen-bond donors (Lipinski definition) is 0. The van der Waals surface area contributed by atoms with Crippen LogP contribution in [0.15, 0.2) is 6.07 Å². The molecule has 0 spiro atoms. The van der Waals surface area contributed by atoms with Crippen molar-refractivity contribution >= 4 is 15.7 Å². The second-order valence-electron chi connectivity index (χ2n) is 6.50. The van der Waals surface area contributed by atoms with E-state index in [4.69, 9.17) is 0 Å². The summed E-state index contributed by atoms with van der Waals surface area (Å²) >= 11 is 0. The maximum atomic E-state index is 12.6. The monoisotopic (exact) mass is 342 g/mol. The van der Waals surface area contributed by atoms with E-state index in [1.54, 1.807) is 11.7 Å². The van der Waals surface area contributed by atoms with Crippen LogP contribution in [-0.4, -0.2) is 78.6 Å². The molecule has 0 unspecified atom stereocenters. The van der Waals surface area contributed by atoms with E-state index in [1.165, 1.54) is 6.26 Å². The van der Waals surface area contributed by atoms with E-state index in [1.807, 2.05) is 11.0 Å². The van der Waals surface area contributed by atoms with Gasteiger partial charge in [0, 0.05) is 46.0 Å². The zero-order chi connectivity index (χ0) is 17.2. The van der Waals surface area contributed by atoms with Crippen molar-refractivity contribution in [2.45, 2.75) is 19.8 Å². The number of rotatable bonds is 5. The fraction of sp³-hybridized carbons (Fsp3) is 0.733. The number of hydrogen-bond acceptors (Lipinski definition) is 5. The SMILES string of the molecule is CC(C)c1cc(C(=O)N2CCN(CCS(C)(=O)=O)CC2)n(C)n1. The standard InChI is InChI=1S/C15H26N4O3S/c1-12(2)13-11-14(17(3)16-13)15(20)19-7-5-18(6-8-19)9-10-23(4,21)22/h11-12H,5-10H2,1-4H3. The lowest BCUT2D eigenvalue weighted by molar-refractivity contribution is 0.0633. The highest BCUT2D eigenvalue weighted by atomic mass is 32.2. The van der Waals surface area contributed by atoms with Crippen molar-refractivity contribution in [1.29, 1.82) is 0 Å². The van der Waals surface area contributed by atoms with Crippen LogP contribution in [0.2, 0.25) is 0 Å². The first-order valence-electron chi connectivity index (χ1n) is 7.90. The first-order valence-corrected chi connectivity index (χ1v) is 9.96. The van der Waals surface area contributed by atoms with E-state index >= 15 is 0 Å². The summed E-state index contributed by atoms with van der Waals surface area (Å²) in [6, 6.07) is 1.86. The molecule has 1 aromatic heterocycles. The lowest BCUT2D eigenvalue weighted by atomic mass is 10.1. The zero-order valence-electron chi connectivity index (χ0n) is 14.3. The van der Waals surface area contributed by atoms with Crippen LogP contribution in [0, 0.1) is 0 Å². The number of amides is 1. The largest absolute Gasteiger partial charge is 0.335 e. The number of carbonyl (C=O) groups is 1. The van der Waals surface area contributed by atoms with Crippen molar-refractivity contribution in [3.63, 3.8) is 0 Å². The van der Waals surface area contributed by atoms with E-state index in [0.717, 1.165) is 5.69 Å². The Morgan fingerprint density at radius 2 is 1.87 bits per heavy atom. The number of sulfone groups is 1. The fourth-order valence-corrected chi connectivity index (χ4v) is 3.19. The summed E-state index contributed by atoms with van der Waals surface area (Å²) < 4.78 is 24.1. The molecule has 0 saturated carbocycles. The van der Waals surface area contributed by atoms with Crippen LogP contribution in [0.4, 0.5) is 0 Å². The maximum Gasteiger partial charge on any atom is 0.272 e. The van der Waals surface area contributed by atoms with E-state index < -0.39 is 9.84 Å². The molecule has 0 bridgehead atoms. The number of aryl methyl sites for hydroxylation is 1. The predicted octanol–water partition coefficient (Wildman–Crippen LogP) is 0.346. The van der Waals surface area contributed by atoms with Crippen LogP contribution < -0.4 is 0 Å². The number of piperazine rings is 1. The average Bonchev–Trinajstić information content (AvgIpc) is 2.86. The van der Waals surface area contributed by atoms with Crippen LogP contribution in [0.25, 0.3) is 0 Å². The Kier molecular flexibility index (Phi) is 5.46. The Balaban J connectivity index is 1.93. The van der Waals surface area contributed by atoms with Crippen LogP contribution in [0.5, 0.6) is 0 Å². The molecule has 0 atom stereocenters. The van der Waals surface area contributed by atoms with E-state index in [2.05, 4.69) is 23.8 Å². The molecule has 2 rings (SSSR count). The van der Waals surface area contributed by atoms with Crippen molar-refractivity contribution in [3.05, 3.63) is 17.5 Å². The molecule has 1 fully saturated rings. The fourth-order valence-electron chi connectivity index (χ4n) is 2.60. The molecule has 8 heteroatoms. The van der Waals surface area contributed by atoms with Gasteiger partial charge in [0.2, 0.25) is 0 Å². The van der Waals surface area contributed by atoms with E-state index in [0.29, 0.717) is 38.4 Å². The summed E-state index contributed by atoms with van der Waals surface area (Å²) in [4.78, 5) is 16.5. The van der Waals surface area contributed by atoms with Crippen molar-refractivity contribution in [2.75, 3.05) is 44.7 Å². The Hall–Kier alpha value is -1.41. The van der Waals surface area contributed by atoms with Gasteiger partial charge in [-0.05, 0) is 12.0 Å². The summed E-state index contributed by atoms with van der Waals surface area (Å²) in [5, 5.41) is 4.39. The molecule has 1 aliphatic rings. The predicted molar refractivity (Wildman–Crippen MR) is 89.4 cm³/mol. The van der Waals surface area contributed by atoms with Gasteiger partial charge in [0.15, 0.2) is 0 Å². The molecule has 1 aliphatic heterocycles. The van der Waals surface area contributed by atoms with Crippen LogP contribution in [-0.2, 0) is 16.9 Å². The van der Waals surface area contributed by atoms with Gasteiger partial charge in [-0.25, -0.2) is 8.42 Å². The van der Waals surface area contributed by atoms with Crippen molar-refractivity contribution in [3.8, 4) is 0 Å². The third kappa shape index (κ3) is 4.78. The van der Waals surface area contributed by atoms with Gasteiger partial charge in [0.05, 0.1) is 11.4 Å². The molecule has 7 nitrogen and oxygen atoms in total. The zero-order valence-corrected chi connectivity index (χ0v) is 15.1. The Morgan fingerprint density at radius 3 is 2.35 bits per heavy atom. The molecule has 1 amide bonds. The van der Waals surface area contributed by atoms with Gasteiger partial charge in [-0.1, -0.05) is 13.8 Å². The molecule has 0 N–H and O–H groups in total. The molecule has 0 radical (unpaired) electrons. The first-order chi connectivity index (χ1) is 10.7. The minimum absolute atomic E-state index is 0.00494. The maximum absolute atomic E-state index is 12.6. The normalized spacial score (nSPS) is 17.0. The smallest absolute Gasteiger partial charge is 0.272 e. The highest BCUT2D eigenvalue weighted by molar-refractivity contribution is 7.90. The molecule has 2 heterocycles. The third-order valence-electron chi connectivity index (χ3n) is 4.15. The average molecular weight is 342 g/mol. The second kappa shape index (κ2) is 7.00. The number of nitrogens with zero attached hydrogens (tertiary/aromatic N) is 4. The van der Waals surface area contributed by atoms with Gasteiger partial charge >= 0.3 is 0 Å². The van der Waals surface area contributed by atoms with Crippen LogP contribution in [0.1, 0.15) is 35.9 Å². The van der Waals surface area contributed by atoms with E-state index in [9.17, 15) is 13.2 Å². The summed E-state index contributed by atoms with van der Waals surface area (Å²) in [5.74, 6) is 0.450. The highest BCUT2D eigenvalue weighted by Gasteiger charge is 2.25. The van der Waals surface area contributed by atoms with Crippen LogP contribution in [0.3, 0.4) is 0 Å². The Morgan fingerprint density at radius 1 is 1.26 bits per heavy atom. The van der Waals surface area contributed by atoms with Gasteiger partial charge in [-0.15, -0.1) is 0 Å². The van der Waals surface area contributed by atoms with Crippen molar-refractivity contribution in [2.24, 2.45) is 7.05 Å². The summed E-state index contributed by atoms with van der Waals surface area (Å²) in [6.45, 7) is 7.28. The van der Waals surface area contributed by atoms with E-state index in [-0.39, 0.29) is 17.6 Å². The molecular weight excluding hydrogens is 316 g/mol. The molecule has 0 aliphatic carbocycles. The summed E-state index contributed by atoms with van der Waals surface area (Å²) in [7, 11) is -1.15. The quantitative estimate of drug-likeness (QED) is 0.772. The minimum Gasteiger partial charge on any atom is -0.335 e. The molecule has 130 valence electrons. The van der Waals surface area contributed by atoms with Crippen molar-refractivity contribution < 1.29 is 13.2 Å². The lowest BCUT2D eigenvalue weighted by Gasteiger charge is -2.34. The van der Waals surface area contributed by atoms with Crippen LogP contribution >= 0.6 is 0 Å². The Labute approximate surface area is 138 Å². The van der Waals surface area contributed by atoms with Gasteiger partial charge in [-0.3, -0.25) is 14.4 Å².